The second-order valence-corrected chi connectivity index (χ2v) is 8.69. The van der Waals surface area contributed by atoms with Gasteiger partial charge >= 0.3 is 6.09 Å². The summed E-state index contributed by atoms with van der Waals surface area (Å²) in [4.78, 5) is 38.0. The molecule has 2 N–H and O–H groups in total. The highest BCUT2D eigenvalue weighted by Gasteiger charge is 2.29. The molecule has 0 radical (unpaired) electrons. The van der Waals surface area contributed by atoms with E-state index in [-0.39, 0.29) is 23.8 Å². The van der Waals surface area contributed by atoms with Crippen LogP contribution in [0.2, 0.25) is 0 Å². The maximum Gasteiger partial charge on any atom is 0.410 e. The molecule has 0 unspecified atom stereocenters. The minimum atomic E-state index is -0.510. The van der Waals surface area contributed by atoms with Gasteiger partial charge in [-0.1, -0.05) is 19.3 Å². The fourth-order valence-corrected chi connectivity index (χ4v) is 3.64. The van der Waals surface area contributed by atoms with Gasteiger partial charge in [0.15, 0.2) is 0 Å². The maximum atomic E-state index is 12.3. The van der Waals surface area contributed by atoms with E-state index in [1.165, 1.54) is 19.3 Å². The molecule has 0 aromatic heterocycles. The van der Waals surface area contributed by atoms with Gasteiger partial charge in [-0.05, 0) is 46.5 Å². The summed E-state index contributed by atoms with van der Waals surface area (Å²) in [5.41, 5.74) is -0.510. The molecular weight excluding hydrogens is 346 g/mol. The van der Waals surface area contributed by atoms with Crippen LogP contribution < -0.4 is 10.6 Å². The van der Waals surface area contributed by atoms with Crippen LogP contribution in [-0.2, 0) is 14.3 Å². The minimum Gasteiger partial charge on any atom is -0.444 e. The molecule has 0 aromatic carbocycles. The Bertz CT molecular complexity index is 516. The number of nitrogens with one attached hydrogen (secondary N) is 2. The van der Waals surface area contributed by atoms with Crippen molar-refractivity contribution in [2.24, 2.45) is 5.92 Å². The predicted octanol–water partition coefficient (Wildman–Crippen LogP) is 2.59. The Labute approximate surface area is 162 Å². The van der Waals surface area contributed by atoms with E-state index in [1.54, 1.807) is 4.90 Å². The van der Waals surface area contributed by atoms with Gasteiger partial charge in [0.25, 0.3) is 0 Å². The average Bonchev–Trinajstić information content (AvgIpc) is 2.61. The Morgan fingerprint density at radius 2 is 1.63 bits per heavy atom. The number of nitrogens with zero attached hydrogens (tertiary/aromatic N) is 1. The second-order valence-electron chi connectivity index (χ2n) is 8.69. The maximum absolute atomic E-state index is 12.3. The largest absolute Gasteiger partial charge is 0.444 e. The topological polar surface area (TPSA) is 87.7 Å². The van der Waals surface area contributed by atoms with Crippen molar-refractivity contribution in [3.63, 3.8) is 0 Å². The van der Waals surface area contributed by atoms with Gasteiger partial charge in [0.05, 0.1) is 0 Å². The van der Waals surface area contributed by atoms with Gasteiger partial charge in [0.2, 0.25) is 11.8 Å². The molecule has 7 heteroatoms. The normalized spacial score (nSPS) is 19.4. The van der Waals surface area contributed by atoms with Crippen LogP contribution in [0.15, 0.2) is 0 Å². The monoisotopic (exact) mass is 381 g/mol. The van der Waals surface area contributed by atoms with Crippen LogP contribution in [0, 0.1) is 5.92 Å². The summed E-state index contributed by atoms with van der Waals surface area (Å²) >= 11 is 0. The van der Waals surface area contributed by atoms with E-state index >= 15 is 0 Å². The summed E-state index contributed by atoms with van der Waals surface area (Å²) in [7, 11) is 0. The third-order valence-corrected chi connectivity index (χ3v) is 5.14. The molecule has 1 saturated carbocycles. The zero-order chi connectivity index (χ0) is 19.9. The first-order valence-corrected chi connectivity index (χ1v) is 10.3. The lowest BCUT2D eigenvalue weighted by atomic mass is 9.95. The lowest BCUT2D eigenvalue weighted by Gasteiger charge is -2.32. The van der Waals surface area contributed by atoms with E-state index in [0.717, 1.165) is 12.8 Å². The third kappa shape index (κ3) is 7.77. The summed E-state index contributed by atoms with van der Waals surface area (Å²) in [5.74, 6) is -0.114. The van der Waals surface area contributed by atoms with Crippen molar-refractivity contribution < 1.29 is 19.1 Å². The predicted molar refractivity (Wildman–Crippen MR) is 103 cm³/mol. The Hall–Kier alpha value is -1.79. The number of carbonyl (C=O) groups is 3. The fourth-order valence-electron chi connectivity index (χ4n) is 3.64. The molecule has 0 spiro atoms. The van der Waals surface area contributed by atoms with Crippen LogP contribution in [0.1, 0.15) is 72.1 Å². The first-order valence-electron chi connectivity index (χ1n) is 10.3. The van der Waals surface area contributed by atoms with Gasteiger partial charge in [0, 0.05) is 38.0 Å². The Morgan fingerprint density at radius 1 is 1.00 bits per heavy atom. The van der Waals surface area contributed by atoms with Gasteiger partial charge in [-0.3, -0.25) is 9.59 Å². The first kappa shape index (κ1) is 21.5. The second kappa shape index (κ2) is 9.95. The summed E-state index contributed by atoms with van der Waals surface area (Å²) in [6.07, 6.45) is 7.00. The van der Waals surface area contributed by atoms with Crippen molar-refractivity contribution in [3.05, 3.63) is 0 Å². The molecule has 0 aromatic rings. The van der Waals surface area contributed by atoms with Gasteiger partial charge in [0.1, 0.15) is 5.60 Å². The lowest BCUT2D eigenvalue weighted by Crippen LogP contribution is -2.45. The number of hydrogen-bond donors (Lipinski definition) is 2. The smallest absolute Gasteiger partial charge is 0.410 e. The Kier molecular flexibility index (Phi) is 7.92. The summed E-state index contributed by atoms with van der Waals surface area (Å²) in [6, 6.07) is 0.305. The van der Waals surface area contributed by atoms with E-state index in [1.807, 2.05) is 20.8 Å². The molecular formula is C20H35N3O4. The number of ether oxygens (including phenoxy) is 1. The quantitative estimate of drug-likeness (QED) is 0.766. The van der Waals surface area contributed by atoms with Crippen LogP contribution in [0.5, 0.6) is 0 Å². The molecule has 0 atom stereocenters. The highest BCUT2D eigenvalue weighted by atomic mass is 16.6. The summed E-state index contributed by atoms with van der Waals surface area (Å²) in [6.45, 7) is 6.94. The number of piperidine rings is 1. The molecule has 154 valence electrons. The van der Waals surface area contributed by atoms with E-state index in [9.17, 15) is 14.4 Å². The van der Waals surface area contributed by atoms with E-state index in [0.29, 0.717) is 44.9 Å². The Morgan fingerprint density at radius 3 is 2.22 bits per heavy atom. The third-order valence-electron chi connectivity index (χ3n) is 5.14. The zero-order valence-electron chi connectivity index (χ0n) is 17.0. The lowest BCUT2D eigenvalue weighted by molar-refractivity contribution is -0.126. The molecule has 1 aliphatic carbocycles. The summed E-state index contributed by atoms with van der Waals surface area (Å²) in [5, 5.41) is 5.93. The minimum absolute atomic E-state index is 0.0157. The number of carbonyl (C=O) groups excluding carboxylic acids is 3. The zero-order valence-corrected chi connectivity index (χ0v) is 17.0. The molecule has 1 aliphatic heterocycles. The van der Waals surface area contributed by atoms with E-state index in [2.05, 4.69) is 10.6 Å². The van der Waals surface area contributed by atoms with Crippen molar-refractivity contribution in [2.75, 3.05) is 19.6 Å². The van der Waals surface area contributed by atoms with Crippen LogP contribution in [0.3, 0.4) is 0 Å². The van der Waals surface area contributed by atoms with Crippen LogP contribution in [0.25, 0.3) is 0 Å². The van der Waals surface area contributed by atoms with Gasteiger partial charge in [-0.2, -0.15) is 0 Å². The molecule has 0 bridgehead atoms. The number of hydrogen-bond acceptors (Lipinski definition) is 4. The molecule has 1 heterocycles. The number of likely N-dealkylation sites (tertiary alicyclic amines) is 1. The van der Waals surface area contributed by atoms with Crippen molar-refractivity contribution in [3.8, 4) is 0 Å². The van der Waals surface area contributed by atoms with Crippen LogP contribution in [-0.4, -0.2) is 54.1 Å². The fraction of sp³-hybridized carbons (Fsp3) is 0.850. The van der Waals surface area contributed by atoms with Gasteiger partial charge < -0.3 is 20.3 Å². The van der Waals surface area contributed by atoms with E-state index < -0.39 is 5.60 Å². The highest BCUT2D eigenvalue weighted by Crippen LogP contribution is 2.20. The van der Waals surface area contributed by atoms with Crippen molar-refractivity contribution >= 4 is 17.9 Å². The highest BCUT2D eigenvalue weighted by molar-refractivity contribution is 5.81. The number of amides is 3. The number of rotatable bonds is 5. The molecule has 1 saturated heterocycles. The molecule has 2 fully saturated rings. The standard InChI is InChI=1S/C20H35N3O4/c1-20(2,3)27-19(26)23-13-10-15(11-14-23)18(25)21-12-9-17(24)22-16-7-5-4-6-8-16/h15-16H,4-14H2,1-3H3,(H,21,25)(H,22,24). The van der Waals surface area contributed by atoms with Crippen LogP contribution >= 0.6 is 0 Å². The average molecular weight is 382 g/mol. The van der Waals surface area contributed by atoms with Crippen LogP contribution in [0.4, 0.5) is 4.79 Å². The first-order chi connectivity index (χ1) is 12.7. The van der Waals surface area contributed by atoms with Crippen molar-refractivity contribution in [1.82, 2.24) is 15.5 Å². The molecule has 2 rings (SSSR count). The van der Waals surface area contributed by atoms with Gasteiger partial charge in [-0.15, -0.1) is 0 Å². The van der Waals surface area contributed by atoms with Crippen molar-refractivity contribution in [1.29, 1.82) is 0 Å². The molecule has 27 heavy (non-hydrogen) atoms. The van der Waals surface area contributed by atoms with Gasteiger partial charge in [-0.25, -0.2) is 4.79 Å². The summed E-state index contributed by atoms with van der Waals surface area (Å²) < 4.78 is 5.37. The molecule has 2 aliphatic rings. The molecule has 7 nitrogen and oxygen atoms in total. The SMILES string of the molecule is CC(C)(C)OC(=O)N1CCC(C(=O)NCCC(=O)NC2CCCCC2)CC1. The Balaban J connectivity index is 1.61. The van der Waals surface area contributed by atoms with E-state index in [4.69, 9.17) is 4.74 Å². The van der Waals surface area contributed by atoms with Crippen molar-refractivity contribution in [2.45, 2.75) is 83.8 Å². The molecule has 3 amide bonds.